The minimum atomic E-state index is 0.353. The second kappa shape index (κ2) is 16.7. The normalized spacial score (nSPS) is 38.2. The van der Waals surface area contributed by atoms with Gasteiger partial charge in [-0.15, -0.1) is 0 Å². The first-order valence-electron chi connectivity index (χ1n) is 23.1. The van der Waals surface area contributed by atoms with Crippen molar-refractivity contribution in [3.8, 4) is 5.75 Å². The molecule has 0 radical (unpaired) electrons. The Bertz CT molecular complexity index is 1650. The highest BCUT2D eigenvalue weighted by Gasteiger charge is 2.63. The first-order valence-corrected chi connectivity index (χ1v) is 25.5. The van der Waals surface area contributed by atoms with E-state index >= 15 is 0 Å². The lowest BCUT2D eigenvalue weighted by molar-refractivity contribution is -0.0844. The Morgan fingerprint density at radius 3 is 2.49 bits per heavy atom. The third kappa shape index (κ3) is 8.54. The summed E-state index contributed by atoms with van der Waals surface area (Å²) in [6, 6.07) is 16.9. The van der Waals surface area contributed by atoms with Crippen LogP contribution in [0.5, 0.6) is 5.75 Å². The minimum Gasteiger partial charge on any atom is -0.508 e. The predicted molar refractivity (Wildman–Crippen MR) is 236 cm³/mol. The number of hydrogen-bond donors (Lipinski definition) is 3. The van der Waals surface area contributed by atoms with Crippen LogP contribution in [0.4, 0.5) is 0 Å². The van der Waals surface area contributed by atoms with Gasteiger partial charge in [-0.05, 0) is 189 Å². The molecule has 3 spiro atoms. The fourth-order valence-corrected chi connectivity index (χ4v) is 17.4. The number of allylic oxidation sites excluding steroid dienone is 2. The molecule has 7 aliphatic rings. The highest BCUT2D eigenvalue weighted by molar-refractivity contribution is 8.76. The number of phenolic OH excluding ortho intramolecular Hbond substituents is 1. The highest BCUT2D eigenvalue weighted by atomic mass is 33.1. The van der Waals surface area contributed by atoms with Crippen LogP contribution >= 0.6 is 21.6 Å². The molecule has 6 aliphatic carbocycles. The lowest BCUT2D eigenvalue weighted by Crippen LogP contribution is -2.52. The molecule has 5 heteroatoms. The number of benzene rings is 2. The van der Waals surface area contributed by atoms with Crippen LogP contribution in [-0.2, 0) is 19.4 Å². The maximum atomic E-state index is 11.3. The van der Waals surface area contributed by atoms with E-state index in [0.717, 1.165) is 60.8 Å². The standard InChI is InChI=1S/C50H72N2OS2/c1-35-11-10-18-50(26-35)34-48(27-43(49(33-48)16-8-9-17-49)30-52-44-14-4-3-5-15-44)28-46-42-21-38-19-37(23-45(53)24-38)20-40-12-6-7-13-41(40)29-51-36(2)31-54-55-32-39(22-42)25-47(46)50/h6-7,10,12-13,18-19,23-24,35-36,39,42-44,46-47,51-53H,3-5,8-9,11,14-17,20-22,25-34H2,1-2H3/t35-,36-,39+,42-,43+,46-,47+,48+,50-/m0/s1. The molecule has 5 fully saturated rings. The van der Waals surface area contributed by atoms with E-state index in [2.05, 4.69) is 94.6 Å². The molecule has 9 rings (SSSR count). The monoisotopic (exact) mass is 781 g/mol. The first-order chi connectivity index (χ1) is 26.8. The Hall–Kier alpha value is -1.40. The SMILES string of the molecule is C[C@H]1CC=C[C@]2(C1)C[C@@]1(C[C@H]3[C@H]4Cc5cc(O)cc(c5)Cc5ccccc5CN[C@@H](C)CSSC[C@H](C4)C[C@H]32)C[C@H](CNC2CCCCC2)C2(CCCC2)C1. The fourth-order valence-electron chi connectivity index (χ4n) is 14.6. The Labute approximate surface area is 342 Å². The van der Waals surface area contributed by atoms with Gasteiger partial charge in [-0.1, -0.05) is 103 Å². The second-order valence-corrected chi connectivity index (χ2v) is 23.4. The molecule has 0 saturated heterocycles. The van der Waals surface area contributed by atoms with E-state index in [1.807, 2.05) is 6.07 Å². The van der Waals surface area contributed by atoms with Crippen molar-refractivity contribution in [2.45, 2.75) is 154 Å². The molecule has 0 aromatic heterocycles. The molecule has 0 amide bonds. The highest BCUT2D eigenvalue weighted by Crippen LogP contribution is 2.72. The molecular weight excluding hydrogens is 709 g/mol. The zero-order valence-electron chi connectivity index (χ0n) is 34.3. The van der Waals surface area contributed by atoms with Gasteiger partial charge in [0.15, 0.2) is 0 Å². The summed E-state index contributed by atoms with van der Waals surface area (Å²) in [4.78, 5) is 0. The van der Waals surface area contributed by atoms with Gasteiger partial charge in [-0.25, -0.2) is 0 Å². The van der Waals surface area contributed by atoms with Crippen LogP contribution in [0, 0.1) is 51.8 Å². The Morgan fingerprint density at radius 2 is 1.65 bits per heavy atom. The van der Waals surface area contributed by atoms with E-state index in [-0.39, 0.29) is 0 Å². The Kier molecular flexibility index (Phi) is 11.9. The predicted octanol–water partition coefficient (Wildman–Crippen LogP) is 12.3. The van der Waals surface area contributed by atoms with Gasteiger partial charge in [0.25, 0.3) is 0 Å². The maximum Gasteiger partial charge on any atom is 0.116 e. The third-order valence-corrected chi connectivity index (χ3v) is 19.4. The summed E-state index contributed by atoms with van der Waals surface area (Å²) in [6.45, 7) is 7.12. The first kappa shape index (κ1) is 39.1. The molecule has 2 aromatic carbocycles. The van der Waals surface area contributed by atoms with Crippen molar-refractivity contribution in [3.05, 3.63) is 76.9 Å². The average molecular weight is 781 g/mol. The van der Waals surface area contributed by atoms with Gasteiger partial charge in [-0.3, -0.25) is 0 Å². The van der Waals surface area contributed by atoms with Crippen molar-refractivity contribution in [1.82, 2.24) is 10.6 Å². The molecule has 3 nitrogen and oxygen atoms in total. The molecule has 1 heterocycles. The van der Waals surface area contributed by atoms with E-state index < -0.39 is 0 Å². The fraction of sp³-hybridized carbons (Fsp3) is 0.720. The lowest BCUT2D eigenvalue weighted by Gasteiger charge is -2.61. The zero-order valence-corrected chi connectivity index (χ0v) is 36.0. The number of aromatic hydroxyl groups is 1. The van der Waals surface area contributed by atoms with E-state index in [4.69, 9.17) is 0 Å². The maximum absolute atomic E-state index is 11.3. The largest absolute Gasteiger partial charge is 0.508 e. The van der Waals surface area contributed by atoms with Crippen LogP contribution in [0.2, 0.25) is 0 Å². The second-order valence-electron chi connectivity index (χ2n) is 20.8. The number of hydrogen-bond acceptors (Lipinski definition) is 5. The molecule has 5 saturated carbocycles. The van der Waals surface area contributed by atoms with E-state index in [1.54, 1.807) is 0 Å². The van der Waals surface area contributed by atoms with Crippen LogP contribution in [0.1, 0.15) is 145 Å². The van der Waals surface area contributed by atoms with Crippen LogP contribution in [0.25, 0.3) is 0 Å². The van der Waals surface area contributed by atoms with Crippen molar-refractivity contribution < 1.29 is 5.11 Å². The molecule has 3 N–H and O–H groups in total. The van der Waals surface area contributed by atoms with Crippen molar-refractivity contribution in [3.63, 3.8) is 0 Å². The van der Waals surface area contributed by atoms with Crippen molar-refractivity contribution in [2.24, 2.45) is 51.8 Å². The van der Waals surface area contributed by atoms with E-state index in [0.29, 0.717) is 34.0 Å². The van der Waals surface area contributed by atoms with Gasteiger partial charge in [0, 0.05) is 30.1 Å². The van der Waals surface area contributed by atoms with Gasteiger partial charge in [0.2, 0.25) is 0 Å². The summed E-state index contributed by atoms with van der Waals surface area (Å²) in [6.07, 6.45) is 31.9. The molecule has 0 unspecified atom stereocenters. The minimum absolute atomic E-state index is 0.353. The smallest absolute Gasteiger partial charge is 0.116 e. The molecule has 4 bridgehead atoms. The van der Waals surface area contributed by atoms with Gasteiger partial charge in [-0.2, -0.15) is 0 Å². The van der Waals surface area contributed by atoms with Crippen LogP contribution in [0.15, 0.2) is 54.6 Å². The number of phenols is 1. The molecule has 300 valence electrons. The Morgan fingerprint density at radius 1 is 0.855 bits per heavy atom. The summed E-state index contributed by atoms with van der Waals surface area (Å²) < 4.78 is 0. The van der Waals surface area contributed by atoms with Crippen molar-refractivity contribution in [2.75, 3.05) is 18.1 Å². The molecule has 1 aliphatic heterocycles. The van der Waals surface area contributed by atoms with Crippen LogP contribution < -0.4 is 10.6 Å². The van der Waals surface area contributed by atoms with Gasteiger partial charge < -0.3 is 15.7 Å². The summed E-state index contributed by atoms with van der Waals surface area (Å²) in [5.74, 6) is 7.56. The van der Waals surface area contributed by atoms with Gasteiger partial charge in [0.1, 0.15) is 5.75 Å². The van der Waals surface area contributed by atoms with E-state index in [1.165, 1.54) is 144 Å². The summed E-state index contributed by atoms with van der Waals surface area (Å²) in [7, 11) is 4.28. The summed E-state index contributed by atoms with van der Waals surface area (Å²) in [5, 5.41) is 19.4. The molecule has 55 heavy (non-hydrogen) atoms. The topological polar surface area (TPSA) is 44.3 Å². The summed E-state index contributed by atoms with van der Waals surface area (Å²) >= 11 is 0. The number of fused-ring (bicyclic) bond motifs is 8. The quantitative estimate of drug-likeness (QED) is 0.214. The van der Waals surface area contributed by atoms with Gasteiger partial charge in [0.05, 0.1) is 0 Å². The molecule has 2 aromatic rings. The summed E-state index contributed by atoms with van der Waals surface area (Å²) in [5.41, 5.74) is 6.82. The van der Waals surface area contributed by atoms with E-state index in [9.17, 15) is 5.11 Å². The van der Waals surface area contributed by atoms with Gasteiger partial charge >= 0.3 is 0 Å². The molecule has 9 atom stereocenters. The number of nitrogens with one attached hydrogen (secondary N) is 2. The average Bonchev–Trinajstić information content (AvgIpc) is 3.75. The van der Waals surface area contributed by atoms with Crippen LogP contribution in [0.3, 0.4) is 0 Å². The van der Waals surface area contributed by atoms with Crippen molar-refractivity contribution >= 4 is 21.6 Å². The van der Waals surface area contributed by atoms with Crippen LogP contribution in [-0.4, -0.2) is 35.2 Å². The molecular formula is C50H72N2OS2. The Balaban J connectivity index is 1.06. The zero-order chi connectivity index (χ0) is 37.5. The lowest BCUT2D eigenvalue weighted by atomic mass is 9.44. The number of rotatable bonds is 3. The van der Waals surface area contributed by atoms with Crippen molar-refractivity contribution in [1.29, 1.82) is 0 Å². The third-order valence-electron chi connectivity index (χ3n) is 16.7.